The van der Waals surface area contributed by atoms with Crippen LogP contribution >= 0.6 is 11.8 Å². The molecule has 0 nitrogen and oxygen atoms in total. The van der Waals surface area contributed by atoms with E-state index in [0.29, 0.717) is 5.56 Å². The number of hydrogen-bond donors (Lipinski definition) is 0. The molecule has 0 fully saturated rings. The van der Waals surface area contributed by atoms with Crippen LogP contribution in [0.1, 0.15) is 56.7 Å². The summed E-state index contributed by atoms with van der Waals surface area (Å²) >= 11 is 1.87. The molecular weight excluding hydrogens is 358 g/mol. The third-order valence-electron chi connectivity index (χ3n) is 4.47. The molecule has 2 aromatic carbocycles. The van der Waals surface area contributed by atoms with Crippen molar-refractivity contribution in [2.75, 3.05) is 5.75 Å². The number of unbranched alkanes of at least 4 members (excludes halogenated alkanes) is 1. The van der Waals surface area contributed by atoms with Crippen molar-refractivity contribution >= 4 is 22.9 Å². The Morgan fingerprint density at radius 1 is 1.00 bits per heavy atom. The van der Waals surface area contributed by atoms with Crippen molar-refractivity contribution in [3.05, 3.63) is 76.9 Å². The lowest BCUT2D eigenvalue weighted by molar-refractivity contribution is 0.582. The summed E-state index contributed by atoms with van der Waals surface area (Å²) in [6, 6.07) is 10.1. The number of rotatable bonds is 8. The molecule has 0 atom stereocenters. The Labute approximate surface area is 166 Å². The van der Waals surface area contributed by atoms with E-state index < -0.39 is 11.6 Å². The van der Waals surface area contributed by atoms with E-state index in [4.69, 9.17) is 0 Å². The molecule has 0 radical (unpaired) electrons. The summed E-state index contributed by atoms with van der Waals surface area (Å²) in [6.07, 6.45) is 7.41. The summed E-state index contributed by atoms with van der Waals surface area (Å²) in [5, 5.41) is 0. The summed E-state index contributed by atoms with van der Waals surface area (Å²) in [5.74, 6) is -0.00980. The zero-order valence-electron chi connectivity index (χ0n) is 16.6. The number of thioether (sulfide) groups is 1. The zero-order chi connectivity index (χ0) is 19.8. The van der Waals surface area contributed by atoms with Gasteiger partial charge >= 0.3 is 0 Å². The highest BCUT2D eigenvalue weighted by Crippen LogP contribution is 2.32. The second-order valence-corrected chi connectivity index (χ2v) is 7.83. The maximum atomic E-state index is 13.7. The number of benzene rings is 2. The summed E-state index contributed by atoms with van der Waals surface area (Å²) in [4.78, 5) is 1.27. The fraction of sp³-hybridized carbons (Fsp3) is 0.333. The van der Waals surface area contributed by atoms with E-state index in [0.717, 1.165) is 34.9 Å². The van der Waals surface area contributed by atoms with E-state index in [9.17, 15) is 8.78 Å². The van der Waals surface area contributed by atoms with Crippen molar-refractivity contribution in [3.8, 4) is 0 Å². The van der Waals surface area contributed by atoms with Gasteiger partial charge in [0.25, 0.3) is 0 Å². The van der Waals surface area contributed by atoms with Gasteiger partial charge in [-0.1, -0.05) is 44.6 Å². The van der Waals surface area contributed by atoms with Crippen LogP contribution in [0.3, 0.4) is 0 Å². The topological polar surface area (TPSA) is 0 Å². The molecule has 3 heteroatoms. The van der Waals surface area contributed by atoms with Gasteiger partial charge < -0.3 is 0 Å². The quantitative estimate of drug-likeness (QED) is 0.191. The molecule has 27 heavy (non-hydrogen) atoms. The minimum atomic E-state index is -0.553. The highest BCUT2D eigenvalue weighted by Gasteiger charge is 2.10. The van der Waals surface area contributed by atoms with Crippen molar-refractivity contribution < 1.29 is 8.78 Å². The Balaban J connectivity index is 2.52. The third kappa shape index (κ3) is 6.07. The van der Waals surface area contributed by atoms with Gasteiger partial charge in [0, 0.05) is 11.0 Å². The first-order valence-electron chi connectivity index (χ1n) is 9.54. The van der Waals surface area contributed by atoms with Crippen molar-refractivity contribution in [1.29, 1.82) is 0 Å². The molecule has 0 amide bonds. The Bertz CT molecular complexity index is 814. The molecule has 0 aliphatic carbocycles. The molecule has 0 N–H and O–H groups in total. The Morgan fingerprint density at radius 2 is 1.70 bits per heavy atom. The molecule has 0 aliphatic rings. The first-order valence-corrected chi connectivity index (χ1v) is 10.5. The van der Waals surface area contributed by atoms with E-state index >= 15 is 0 Å². The second kappa shape index (κ2) is 10.5. The lowest BCUT2D eigenvalue weighted by Gasteiger charge is -2.13. The number of aryl methyl sites for hydroxylation is 1. The number of hydrogen-bond acceptors (Lipinski definition) is 1. The van der Waals surface area contributed by atoms with Gasteiger partial charge in [0.1, 0.15) is 11.6 Å². The van der Waals surface area contributed by atoms with Gasteiger partial charge in [-0.05, 0) is 78.5 Å². The minimum Gasteiger partial charge on any atom is -0.207 e. The second-order valence-electron chi connectivity index (χ2n) is 6.69. The number of allylic oxidation sites excluding steroid dienone is 4. The summed E-state index contributed by atoms with van der Waals surface area (Å²) in [7, 11) is 0. The van der Waals surface area contributed by atoms with Gasteiger partial charge in [0.2, 0.25) is 0 Å². The summed E-state index contributed by atoms with van der Waals surface area (Å²) in [5.41, 5.74) is 4.77. The normalized spacial score (nSPS) is 12.5. The number of halogens is 2. The minimum absolute atomic E-state index is 0.553. The van der Waals surface area contributed by atoms with E-state index in [1.165, 1.54) is 35.4 Å². The van der Waals surface area contributed by atoms with Crippen LogP contribution in [0.15, 0.2) is 53.4 Å². The van der Waals surface area contributed by atoms with Gasteiger partial charge in [-0.2, -0.15) is 0 Å². The SMILES string of the molecule is CC/C=C\C(=C(/C)c1cc(F)cc(F)c1)c1ccc(C)c(SCCCC)c1. The van der Waals surface area contributed by atoms with Crippen LogP contribution in [-0.4, -0.2) is 5.75 Å². The molecule has 2 aromatic rings. The van der Waals surface area contributed by atoms with Gasteiger partial charge in [-0.25, -0.2) is 8.78 Å². The van der Waals surface area contributed by atoms with Crippen LogP contribution in [0.2, 0.25) is 0 Å². The molecular formula is C24H28F2S. The summed E-state index contributed by atoms with van der Waals surface area (Å²) in [6.45, 7) is 8.32. The molecule has 2 rings (SSSR count). The van der Waals surface area contributed by atoms with Gasteiger partial charge in [-0.3, -0.25) is 0 Å². The molecule has 0 saturated heterocycles. The van der Waals surface area contributed by atoms with Crippen molar-refractivity contribution in [2.45, 2.75) is 51.9 Å². The highest BCUT2D eigenvalue weighted by atomic mass is 32.2. The maximum absolute atomic E-state index is 13.7. The van der Waals surface area contributed by atoms with Crippen LogP contribution in [0, 0.1) is 18.6 Å². The van der Waals surface area contributed by atoms with Gasteiger partial charge in [-0.15, -0.1) is 11.8 Å². The largest absolute Gasteiger partial charge is 0.207 e. The predicted octanol–water partition coefficient (Wildman–Crippen LogP) is 8.06. The van der Waals surface area contributed by atoms with Gasteiger partial charge in [0.05, 0.1) is 0 Å². The van der Waals surface area contributed by atoms with E-state index in [-0.39, 0.29) is 0 Å². The Morgan fingerprint density at radius 3 is 2.33 bits per heavy atom. The Hall–Kier alpha value is -1.87. The molecule has 0 unspecified atom stereocenters. The highest BCUT2D eigenvalue weighted by molar-refractivity contribution is 7.99. The first-order chi connectivity index (χ1) is 13.0. The van der Waals surface area contributed by atoms with E-state index in [1.807, 2.05) is 18.7 Å². The van der Waals surface area contributed by atoms with Crippen molar-refractivity contribution in [3.63, 3.8) is 0 Å². The lowest BCUT2D eigenvalue weighted by Crippen LogP contribution is -1.92. The standard InChI is InChI=1S/C24H28F2S/c1-5-7-9-23(18(4)20-13-21(25)16-22(26)14-20)19-11-10-17(3)24(15-19)27-12-8-6-2/h7,9-11,13-16H,5-6,8,12H2,1-4H3/b9-7-,23-18-. The van der Waals surface area contributed by atoms with Crippen LogP contribution in [0.25, 0.3) is 11.1 Å². The average Bonchev–Trinajstić information content (AvgIpc) is 2.63. The third-order valence-corrected chi connectivity index (χ3v) is 5.72. The van der Waals surface area contributed by atoms with E-state index in [2.05, 4.69) is 51.1 Å². The maximum Gasteiger partial charge on any atom is 0.126 e. The zero-order valence-corrected chi connectivity index (χ0v) is 17.4. The van der Waals surface area contributed by atoms with Crippen molar-refractivity contribution in [2.24, 2.45) is 0 Å². The smallest absolute Gasteiger partial charge is 0.126 e. The fourth-order valence-corrected chi connectivity index (χ4v) is 4.01. The van der Waals surface area contributed by atoms with E-state index in [1.54, 1.807) is 0 Å². The van der Waals surface area contributed by atoms with Crippen LogP contribution in [-0.2, 0) is 0 Å². The summed E-state index contributed by atoms with van der Waals surface area (Å²) < 4.78 is 27.4. The first kappa shape index (κ1) is 21.4. The van der Waals surface area contributed by atoms with Crippen LogP contribution in [0.5, 0.6) is 0 Å². The van der Waals surface area contributed by atoms with Crippen molar-refractivity contribution in [1.82, 2.24) is 0 Å². The molecule has 0 heterocycles. The monoisotopic (exact) mass is 386 g/mol. The molecule has 0 bridgehead atoms. The van der Waals surface area contributed by atoms with Crippen LogP contribution < -0.4 is 0 Å². The molecule has 0 aromatic heterocycles. The predicted molar refractivity (Wildman–Crippen MR) is 115 cm³/mol. The lowest BCUT2D eigenvalue weighted by atomic mass is 9.94. The molecule has 0 saturated carbocycles. The molecule has 0 spiro atoms. The van der Waals surface area contributed by atoms with Gasteiger partial charge in [0.15, 0.2) is 0 Å². The molecule has 0 aliphatic heterocycles. The fourth-order valence-electron chi connectivity index (χ4n) is 2.85. The Kier molecular flexibility index (Phi) is 8.30. The molecule has 144 valence electrons. The average molecular weight is 387 g/mol. The van der Waals surface area contributed by atoms with Crippen LogP contribution in [0.4, 0.5) is 8.78 Å².